The van der Waals surface area contributed by atoms with E-state index < -0.39 is 0 Å². The van der Waals surface area contributed by atoms with E-state index in [1.165, 1.54) is 4.88 Å². The molecule has 21 heavy (non-hydrogen) atoms. The molecule has 0 aromatic carbocycles. The van der Waals surface area contributed by atoms with Crippen LogP contribution >= 0.6 is 11.3 Å². The molecular formula is C15H23N3O2S. The number of nitrogens with zero attached hydrogens (tertiary/aromatic N) is 1. The smallest absolute Gasteiger partial charge is 0.231 e. The summed E-state index contributed by atoms with van der Waals surface area (Å²) in [5.74, 6) is -0.147. The first-order valence-electron chi connectivity index (χ1n) is 7.46. The van der Waals surface area contributed by atoms with Gasteiger partial charge in [0.05, 0.1) is 6.54 Å². The van der Waals surface area contributed by atoms with Crippen molar-refractivity contribution in [2.75, 3.05) is 19.6 Å². The van der Waals surface area contributed by atoms with Crippen LogP contribution < -0.4 is 11.1 Å². The van der Waals surface area contributed by atoms with Crippen molar-refractivity contribution in [2.24, 2.45) is 5.73 Å². The van der Waals surface area contributed by atoms with Crippen LogP contribution in [0.15, 0.2) is 17.5 Å². The van der Waals surface area contributed by atoms with Crippen molar-refractivity contribution in [2.45, 2.75) is 38.1 Å². The number of rotatable bonds is 7. The summed E-state index contributed by atoms with van der Waals surface area (Å²) in [5.41, 5.74) is 5.18. The summed E-state index contributed by atoms with van der Waals surface area (Å²) >= 11 is 1.74. The van der Waals surface area contributed by atoms with Gasteiger partial charge in [-0.3, -0.25) is 14.5 Å². The number of thiophene rings is 1. The number of piperidine rings is 1. The highest BCUT2D eigenvalue weighted by atomic mass is 32.1. The number of aryl methyl sites for hydroxylation is 1. The molecule has 0 aliphatic carbocycles. The molecule has 5 nitrogen and oxygen atoms in total. The lowest BCUT2D eigenvalue weighted by atomic mass is 10.0. The van der Waals surface area contributed by atoms with Crippen LogP contribution in [-0.4, -0.2) is 42.4 Å². The molecule has 2 heterocycles. The molecule has 1 aromatic rings. The molecule has 1 saturated heterocycles. The van der Waals surface area contributed by atoms with Crippen molar-refractivity contribution >= 4 is 23.2 Å². The van der Waals surface area contributed by atoms with E-state index in [2.05, 4.69) is 16.8 Å². The van der Waals surface area contributed by atoms with Gasteiger partial charge in [0.15, 0.2) is 0 Å². The predicted molar refractivity (Wildman–Crippen MR) is 84.1 cm³/mol. The lowest BCUT2D eigenvalue weighted by Crippen LogP contribution is -2.46. The normalized spacial score (nSPS) is 16.8. The third-order valence-electron chi connectivity index (χ3n) is 3.74. The fourth-order valence-corrected chi connectivity index (χ4v) is 3.38. The van der Waals surface area contributed by atoms with E-state index in [4.69, 9.17) is 5.73 Å². The zero-order valence-electron chi connectivity index (χ0n) is 12.2. The van der Waals surface area contributed by atoms with E-state index in [1.54, 1.807) is 11.3 Å². The Morgan fingerprint density at radius 1 is 1.38 bits per heavy atom. The molecule has 2 amide bonds. The average Bonchev–Trinajstić information content (AvgIpc) is 2.93. The molecule has 3 N–H and O–H groups in total. The van der Waals surface area contributed by atoms with Gasteiger partial charge < -0.3 is 11.1 Å². The summed E-state index contributed by atoms with van der Waals surface area (Å²) in [4.78, 5) is 26.1. The number of hydrogen-bond donors (Lipinski definition) is 2. The van der Waals surface area contributed by atoms with E-state index >= 15 is 0 Å². The predicted octanol–water partition coefficient (Wildman–Crippen LogP) is 1.14. The standard InChI is InChI=1S/C15H23N3O2S/c16-14(19)11-18-8-6-12(7-9-18)17-15(20)5-1-3-13-4-2-10-21-13/h2,4,10,12H,1,3,5-9,11H2,(H2,16,19)(H,17,20). The summed E-state index contributed by atoms with van der Waals surface area (Å²) in [6.45, 7) is 1.97. The second kappa shape index (κ2) is 8.14. The monoisotopic (exact) mass is 309 g/mol. The van der Waals surface area contributed by atoms with Crippen molar-refractivity contribution in [3.8, 4) is 0 Å². The maximum Gasteiger partial charge on any atom is 0.231 e. The summed E-state index contributed by atoms with van der Waals surface area (Å²) in [6.07, 6.45) is 4.24. The summed E-state index contributed by atoms with van der Waals surface area (Å²) in [6, 6.07) is 4.39. The number of carbonyl (C=O) groups is 2. The Bertz CT molecular complexity index is 453. The molecule has 1 aliphatic heterocycles. The molecular weight excluding hydrogens is 286 g/mol. The molecule has 1 fully saturated rings. The minimum atomic E-state index is -0.286. The molecule has 1 aliphatic rings. The van der Waals surface area contributed by atoms with E-state index in [9.17, 15) is 9.59 Å². The molecule has 0 atom stereocenters. The van der Waals surface area contributed by atoms with Crippen LogP contribution in [0.5, 0.6) is 0 Å². The van der Waals surface area contributed by atoms with E-state index in [0.717, 1.165) is 38.8 Å². The largest absolute Gasteiger partial charge is 0.369 e. The highest BCUT2D eigenvalue weighted by molar-refractivity contribution is 7.09. The van der Waals surface area contributed by atoms with Crippen LogP contribution in [-0.2, 0) is 16.0 Å². The van der Waals surface area contributed by atoms with Crippen LogP contribution in [0.1, 0.15) is 30.6 Å². The summed E-state index contributed by atoms with van der Waals surface area (Å²) < 4.78 is 0. The molecule has 116 valence electrons. The Kier molecular flexibility index (Phi) is 6.20. The molecule has 6 heteroatoms. The third kappa shape index (κ3) is 5.85. The number of likely N-dealkylation sites (tertiary alicyclic amines) is 1. The van der Waals surface area contributed by atoms with Crippen molar-refractivity contribution < 1.29 is 9.59 Å². The number of nitrogens with two attached hydrogens (primary N) is 1. The fourth-order valence-electron chi connectivity index (χ4n) is 2.63. The number of hydrogen-bond acceptors (Lipinski definition) is 4. The SMILES string of the molecule is NC(=O)CN1CCC(NC(=O)CCCc2cccs2)CC1. The van der Waals surface area contributed by atoms with Crippen molar-refractivity contribution in [3.63, 3.8) is 0 Å². The van der Waals surface area contributed by atoms with Gasteiger partial charge in [-0.1, -0.05) is 6.07 Å². The number of primary amides is 1. The van der Waals surface area contributed by atoms with Crippen molar-refractivity contribution in [3.05, 3.63) is 22.4 Å². The van der Waals surface area contributed by atoms with Gasteiger partial charge in [0, 0.05) is 30.4 Å². The molecule has 0 bridgehead atoms. The minimum absolute atomic E-state index is 0.139. The summed E-state index contributed by atoms with van der Waals surface area (Å²) in [7, 11) is 0. The Balaban J connectivity index is 1.59. The zero-order valence-corrected chi connectivity index (χ0v) is 13.0. The topological polar surface area (TPSA) is 75.4 Å². The quantitative estimate of drug-likeness (QED) is 0.793. The highest BCUT2D eigenvalue weighted by Gasteiger charge is 2.21. The van der Waals surface area contributed by atoms with E-state index in [0.29, 0.717) is 13.0 Å². The van der Waals surface area contributed by atoms with Gasteiger partial charge in [-0.15, -0.1) is 11.3 Å². The van der Waals surface area contributed by atoms with Crippen molar-refractivity contribution in [1.82, 2.24) is 10.2 Å². The summed E-state index contributed by atoms with van der Waals surface area (Å²) in [5, 5.41) is 5.16. The Morgan fingerprint density at radius 2 is 2.14 bits per heavy atom. The first kappa shape index (κ1) is 16.0. The van der Waals surface area contributed by atoms with Crippen molar-refractivity contribution in [1.29, 1.82) is 0 Å². The molecule has 1 aromatic heterocycles. The fraction of sp³-hybridized carbons (Fsp3) is 0.600. The average molecular weight is 309 g/mol. The lowest BCUT2D eigenvalue weighted by Gasteiger charge is -2.31. The minimum Gasteiger partial charge on any atom is -0.369 e. The molecule has 0 saturated carbocycles. The van der Waals surface area contributed by atoms with Crippen LogP contribution in [0.25, 0.3) is 0 Å². The van der Waals surface area contributed by atoms with Gasteiger partial charge in [0.1, 0.15) is 0 Å². The van der Waals surface area contributed by atoms with Crippen LogP contribution in [0.4, 0.5) is 0 Å². The number of nitrogens with one attached hydrogen (secondary N) is 1. The first-order chi connectivity index (χ1) is 10.1. The molecule has 2 rings (SSSR count). The van der Waals surface area contributed by atoms with Gasteiger partial charge >= 0.3 is 0 Å². The maximum absolute atomic E-state index is 11.9. The first-order valence-corrected chi connectivity index (χ1v) is 8.34. The van der Waals surface area contributed by atoms with Crippen LogP contribution in [0, 0.1) is 0 Å². The van der Waals surface area contributed by atoms with Gasteiger partial charge in [-0.25, -0.2) is 0 Å². The van der Waals surface area contributed by atoms with Gasteiger partial charge in [0.2, 0.25) is 11.8 Å². The molecule has 0 spiro atoms. The van der Waals surface area contributed by atoms with Gasteiger partial charge in [-0.2, -0.15) is 0 Å². The lowest BCUT2D eigenvalue weighted by molar-refractivity contribution is -0.123. The number of carbonyl (C=O) groups excluding carboxylic acids is 2. The maximum atomic E-state index is 11.9. The zero-order chi connectivity index (χ0) is 15.1. The second-order valence-corrected chi connectivity index (χ2v) is 6.55. The molecule has 0 unspecified atom stereocenters. The third-order valence-corrected chi connectivity index (χ3v) is 4.68. The van der Waals surface area contributed by atoms with E-state index in [1.807, 2.05) is 11.0 Å². The highest BCUT2D eigenvalue weighted by Crippen LogP contribution is 2.13. The van der Waals surface area contributed by atoms with Crippen LogP contribution in [0.3, 0.4) is 0 Å². The Hall–Kier alpha value is -1.40. The van der Waals surface area contributed by atoms with Crippen LogP contribution in [0.2, 0.25) is 0 Å². The van der Waals surface area contributed by atoms with Gasteiger partial charge in [0.25, 0.3) is 0 Å². The Labute approximate surface area is 129 Å². The van der Waals surface area contributed by atoms with E-state index in [-0.39, 0.29) is 17.9 Å². The second-order valence-electron chi connectivity index (χ2n) is 5.52. The Morgan fingerprint density at radius 3 is 2.76 bits per heavy atom. The number of amides is 2. The van der Waals surface area contributed by atoms with Gasteiger partial charge in [-0.05, 0) is 37.1 Å². The molecule has 0 radical (unpaired) electrons.